The van der Waals surface area contributed by atoms with Gasteiger partial charge >= 0.3 is 6.61 Å². The SMILES string of the molecule is CCc1c(F)cc(-c2ccc(-c3ccc(OC(F)F)cc3)c(F)c2F)cc1F. The molecule has 0 aromatic heterocycles. The van der Waals surface area contributed by atoms with E-state index in [9.17, 15) is 26.3 Å². The molecule has 0 fully saturated rings. The standard InChI is InChI=1S/C21H14F6O/c1-2-14-17(22)9-12(10-18(14)23)16-8-7-15(19(24)20(16)25)11-3-5-13(6-4-11)28-21(26)27/h3-10,21H,2H2,1H3. The van der Waals surface area contributed by atoms with E-state index in [0.29, 0.717) is 0 Å². The molecule has 0 saturated carbocycles. The Hall–Kier alpha value is -2.96. The van der Waals surface area contributed by atoms with Crippen LogP contribution in [0.2, 0.25) is 0 Å². The van der Waals surface area contributed by atoms with Gasteiger partial charge in [0.1, 0.15) is 17.4 Å². The molecule has 0 bridgehead atoms. The molecule has 0 aliphatic heterocycles. The van der Waals surface area contributed by atoms with E-state index in [0.717, 1.165) is 12.1 Å². The zero-order chi connectivity index (χ0) is 20.4. The number of hydrogen-bond donors (Lipinski definition) is 0. The molecular formula is C21H14F6O. The maximum Gasteiger partial charge on any atom is 0.387 e. The Labute approximate surface area is 157 Å². The van der Waals surface area contributed by atoms with E-state index in [4.69, 9.17) is 0 Å². The summed E-state index contributed by atoms with van der Waals surface area (Å²) in [5.41, 5.74) is -0.457. The third-order valence-corrected chi connectivity index (χ3v) is 4.28. The summed E-state index contributed by atoms with van der Waals surface area (Å²) in [5.74, 6) is -4.29. The minimum Gasteiger partial charge on any atom is -0.435 e. The van der Waals surface area contributed by atoms with Crippen molar-refractivity contribution in [1.29, 1.82) is 0 Å². The van der Waals surface area contributed by atoms with Gasteiger partial charge in [-0.3, -0.25) is 0 Å². The van der Waals surface area contributed by atoms with Crippen LogP contribution in [0, 0.1) is 23.3 Å². The van der Waals surface area contributed by atoms with Crippen molar-refractivity contribution in [2.75, 3.05) is 0 Å². The summed E-state index contributed by atoms with van der Waals surface area (Å²) in [6.45, 7) is -1.42. The zero-order valence-corrected chi connectivity index (χ0v) is 14.6. The van der Waals surface area contributed by atoms with Gasteiger partial charge in [-0.25, -0.2) is 17.6 Å². The van der Waals surface area contributed by atoms with Gasteiger partial charge in [-0.2, -0.15) is 8.78 Å². The summed E-state index contributed by atoms with van der Waals surface area (Å²) in [7, 11) is 0. The Balaban J connectivity index is 2.00. The average Bonchev–Trinajstić information content (AvgIpc) is 2.64. The monoisotopic (exact) mass is 396 g/mol. The number of rotatable bonds is 5. The summed E-state index contributed by atoms with van der Waals surface area (Å²) >= 11 is 0. The quantitative estimate of drug-likeness (QED) is 0.434. The molecule has 0 aliphatic rings. The number of halogens is 6. The summed E-state index contributed by atoms with van der Waals surface area (Å²) in [5, 5.41) is 0. The fourth-order valence-electron chi connectivity index (χ4n) is 2.91. The van der Waals surface area contributed by atoms with Crippen molar-refractivity contribution in [2.45, 2.75) is 20.0 Å². The largest absolute Gasteiger partial charge is 0.435 e. The van der Waals surface area contributed by atoms with Crippen LogP contribution in [0.25, 0.3) is 22.3 Å². The van der Waals surface area contributed by atoms with E-state index in [1.807, 2.05) is 0 Å². The predicted octanol–water partition coefficient (Wildman–Crippen LogP) is 6.74. The topological polar surface area (TPSA) is 9.23 Å². The lowest BCUT2D eigenvalue weighted by molar-refractivity contribution is -0.0498. The van der Waals surface area contributed by atoms with Crippen molar-refractivity contribution in [1.82, 2.24) is 0 Å². The predicted molar refractivity (Wildman–Crippen MR) is 93.2 cm³/mol. The maximum absolute atomic E-state index is 14.6. The Kier molecular flexibility index (Phi) is 5.63. The fourth-order valence-corrected chi connectivity index (χ4v) is 2.91. The lowest BCUT2D eigenvalue weighted by atomic mass is 9.97. The van der Waals surface area contributed by atoms with Crippen LogP contribution in [-0.4, -0.2) is 6.61 Å². The first-order valence-corrected chi connectivity index (χ1v) is 8.33. The van der Waals surface area contributed by atoms with Gasteiger partial charge in [0.25, 0.3) is 0 Å². The second kappa shape index (κ2) is 7.96. The van der Waals surface area contributed by atoms with Crippen molar-refractivity contribution >= 4 is 0 Å². The summed E-state index contributed by atoms with van der Waals surface area (Å²) < 4.78 is 85.7. The number of ether oxygens (including phenoxy) is 1. The van der Waals surface area contributed by atoms with Crippen molar-refractivity contribution < 1.29 is 31.1 Å². The molecule has 0 saturated heterocycles. The number of alkyl halides is 2. The molecule has 1 nitrogen and oxygen atoms in total. The summed E-state index contributed by atoms with van der Waals surface area (Å²) in [6.07, 6.45) is 0.124. The van der Waals surface area contributed by atoms with Crippen LogP contribution in [0.3, 0.4) is 0 Å². The maximum atomic E-state index is 14.6. The van der Waals surface area contributed by atoms with E-state index < -0.39 is 29.9 Å². The summed E-state index contributed by atoms with van der Waals surface area (Å²) in [4.78, 5) is 0. The normalized spacial score (nSPS) is 11.1. The molecule has 3 aromatic carbocycles. The van der Waals surface area contributed by atoms with Gasteiger partial charge in [0.15, 0.2) is 11.6 Å². The average molecular weight is 396 g/mol. The third-order valence-electron chi connectivity index (χ3n) is 4.28. The molecule has 0 atom stereocenters. The van der Waals surface area contributed by atoms with Crippen LogP contribution in [0.4, 0.5) is 26.3 Å². The molecule has 0 unspecified atom stereocenters. The molecule has 0 N–H and O–H groups in total. The van der Waals surface area contributed by atoms with Gasteiger partial charge in [0.05, 0.1) is 0 Å². The van der Waals surface area contributed by atoms with Crippen LogP contribution in [-0.2, 0) is 6.42 Å². The third kappa shape index (κ3) is 3.83. The minimum absolute atomic E-state index is 0.124. The molecule has 0 heterocycles. The van der Waals surface area contributed by atoms with E-state index in [1.165, 1.54) is 36.4 Å². The first-order valence-electron chi connectivity index (χ1n) is 8.33. The molecule has 0 aliphatic carbocycles. The van der Waals surface area contributed by atoms with Gasteiger partial charge in [0.2, 0.25) is 0 Å². The van der Waals surface area contributed by atoms with E-state index in [1.54, 1.807) is 6.92 Å². The molecular weight excluding hydrogens is 382 g/mol. The van der Waals surface area contributed by atoms with Crippen LogP contribution in [0.1, 0.15) is 12.5 Å². The van der Waals surface area contributed by atoms with Gasteiger partial charge < -0.3 is 4.74 Å². The van der Waals surface area contributed by atoms with Gasteiger partial charge in [0, 0.05) is 16.7 Å². The first kappa shape index (κ1) is 19.8. The first-order chi connectivity index (χ1) is 13.3. The van der Waals surface area contributed by atoms with E-state index >= 15 is 0 Å². The van der Waals surface area contributed by atoms with Crippen LogP contribution < -0.4 is 4.74 Å². The van der Waals surface area contributed by atoms with Gasteiger partial charge in [-0.05, 0) is 41.8 Å². The number of hydrogen-bond acceptors (Lipinski definition) is 1. The van der Waals surface area contributed by atoms with E-state index in [-0.39, 0.29) is 40.0 Å². The zero-order valence-electron chi connectivity index (χ0n) is 14.6. The Bertz CT molecular complexity index is 976. The minimum atomic E-state index is -3.00. The Morgan fingerprint density at radius 1 is 0.750 bits per heavy atom. The molecule has 0 radical (unpaired) electrons. The molecule has 7 heteroatoms. The summed E-state index contributed by atoms with van der Waals surface area (Å²) in [6, 6.07) is 9.35. The molecule has 28 heavy (non-hydrogen) atoms. The smallest absolute Gasteiger partial charge is 0.387 e. The van der Waals surface area contributed by atoms with Crippen molar-refractivity contribution in [3.63, 3.8) is 0 Å². The Morgan fingerprint density at radius 3 is 1.71 bits per heavy atom. The van der Waals surface area contributed by atoms with Crippen LogP contribution in [0.5, 0.6) is 5.75 Å². The molecule has 3 rings (SSSR count). The lowest BCUT2D eigenvalue weighted by Crippen LogP contribution is -2.01. The second-order valence-corrected chi connectivity index (χ2v) is 5.96. The van der Waals surface area contributed by atoms with Crippen LogP contribution >= 0.6 is 0 Å². The highest BCUT2D eigenvalue weighted by Gasteiger charge is 2.18. The van der Waals surface area contributed by atoms with Crippen molar-refractivity contribution in [2.24, 2.45) is 0 Å². The van der Waals surface area contributed by atoms with E-state index in [2.05, 4.69) is 4.74 Å². The van der Waals surface area contributed by atoms with Crippen LogP contribution in [0.15, 0.2) is 48.5 Å². The lowest BCUT2D eigenvalue weighted by Gasteiger charge is -2.11. The van der Waals surface area contributed by atoms with Gasteiger partial charge in [-0.1, -0.05) is 31.2 Å². The highest BCUT2D eigenvalue weighted by Crippen LogP contribution is 2.33. The number of benzene rings is 3. The van der Waals surface area contributed by atoms with Gasteiger partial charge in [-0.15, -0.1) is 0 Å². The van der Waals surface area contributed by atoms with Crippen molar-refractivity contribution in [3.8, 4) is 28.0 Å². The molecule has 0 amide bonds. The highest BCUT2D eigenvalue weighted by molar-refractivity contribution is 5.72. The molecule has 146 valence electrons. The van der Waals surface area contributed by atoms with Crippen molar-refractivity contribution in [3.05, 3.63) is 77.4 Å². The highest BCUT2D eigenvalue weighted by atomic mass is 19.3. The second-order valence-electron chi connectivity index (χ2n) is 5.96. The molecule has 3 aromatic rings. The Morgan fingerprint density at radius 2 is 1.25 bits per heavy atom. The fraction of sp³-hybridized carbons (Fsp3) is 0.143. The molecule has 0 spiro atoms.